The molecule has 0 bridgehead atoms. The summed E-state index contributed by atoms with van der Waals surface area (Å²) in [5, 5.41) is 0. The Bertz CT molecular complexity index is 1230. The fourth-order valence-corrected chi connectivity index (χ4v) is 5.22. The van der Waals surface area contributed by atoms with Crippen LogP contribution in [0.4, 0.5) is 8.78 Å². The standard InChI is InChI=1S/C36H42F2O2/c1-3-5-6-7-8-9-10-14-27-40-36(39-4-2)26-25-33(34(37)35(36)38)32-23-21-31(22-24-32)30-19-17-29(18-20-30)28-15-12-11-13-16-28/h11-13,15-26,35H,3-10,14,27H2,1-2H3. The van der Waals surface area contributed by atoms with Crippen molar-refractivity contribution >= 4 is 5.57 Å². The van der Waals surface area contributed by atoms with Gasteiger partial charge in [0.1, 0.15) is 5.83 Å². The van der Waals surface area contributed by atoms with Crippen LogP contribution >= 0.6 is 0 Å². The summed E-state index contributed by atoms with van der Waals surface area (Å²) in [6, 6.07) is 26.1. The van der Waals surface area contributed by atoms with E-state index in [1.165, 1.54) is 37.7 Å². The third-order valence-electron chi connectivity index (χ3n) is 7.53. The van der Waals surface area contributed by atoms with Gasteiger partial charge < -0.3 is 9.47 Å². The number of hydrogen-bond donors (Lipinski definition) is 0. The van der Waals surface area contributed by atoms with Gasteiger partial charge in [-0.05, 0) is 47.2 Å². The van der Waals surface area contributed by atoms with Gasteiger partial charge in [0.15, 0.2) is 0 Å². The molecule has 40 heavy (non-hydrogen) atoms. The van der Waals surface area contributed by atoms with Crippen LogP contribution in [0.3, 0.4) is 0 Å². The van der Waals surface area contributed by atoms with Gasteiger partial charge >= 0.3 is 0 Å². The highest BCUT2D eigenvalue weighted by atomic mass is 19.2. The molecule has 0 saturated heterocycles. The van der Waals surface area contributed by atoms with E-state index in [1.54, 1.807) is 19.1 Å². The van der Waals surface area contributed by atoms with Gasteiger partial charge in [0.05, 0.1) is 6.61 Å². The average Bonchev–Trinajstić information content (AvgIpc) is 3.00. The maximum Gasteiger partial charge on any atom is 0.227 e. The molecule has 2 atom stereocenters. The van der Waals surface area contributed by atoms with Crippen molar-refractivity contribution in [3.05, 3.63) is 102 Å². The van der Waals surface area contributed by atoms with Gasteiger partial charge in [0.2, 0.25) is 12.0 Å². The van der Waals surface area contributed by atoms with Crippen molar-refractivity contribution < 1.29 is 18.3 Å². The second-order valence-corrected chi connectivity index (χ2v) is 10.5. The number of ether oxygens (including phenoxy) is 2. The van der Waals surface area contributed by atoms with E-state index in [2.05, 4.69) is 43.3 Å². The zero-order valence-corrected chi connectivity index (χ0v) is 23.9. The molecule has 0 N–H and O–H groups in total. The minimum atomic E-state index is -2.02. The van der Waals surface area contributed by atoms with E-state index in [0.29, 0.717) is 12.2 Å². The average molecular weight is 545 g/mol. The number of allylic oxidation sites excluding steroid dienone is 2. The normalized spacial score (nSPS) is 18.9. The van der Waals surface area contributed by atoms with Gasteiger partial charge in [0.25, 0.3) is 0 Å². The molecule has 0 saturated carbocycles. The Balaban J connectivity index is 1.37. The largest absolute Gasteiger partial charge is 0.344 e. The lowest BCUT2D eigenvalue weighted by Gasteiger charge is -2.35. The predicted molar refractivity (Wildman–Crippen MR) is 162 cm³/mol. The van der Waals surface area contributed by atoms with Gasteiger partial charge in [-0.15, -0.1) is 0 Å². The molecule has 0 aromatic heterocycles. The van der Waals surface area contributed by atoms with Crippen LogP contribution in [-0.4, -0.2) is 25.2 Å². The quantitative estimate of drug-likeness (QED) is 0.140. The molecule has 0 aliphatic heterocycles. The first-order valence-electron chi connectivity index (χ1n) is 14.8. The van der Waals surface area contributed by atoms with Gasteiger partial charge in [-0.1, -0.05) is 137 Å². The van der Waals surface area contributed by atoms with Gasteiger partial charge in [-0.25, -0.2) is 8.78 Å². The monoisotopic (exact) mass is 544 g/mol. The first kappa shape index (κ1) is 29.9. The van der Waals surface area contributed by atoms with Crippen LogP contribution in [0, 0.1) is 0 Å². The van der Waals surface area contributed by atoms with Gasteiger partial charge in [0, 0.05) is 12.2 Å². The molecular weight excluding hydrogens is 502 g/mol. The highest BCUT2D eigenvalue weighted by Gasteiger charge is 2.45. The van der Waals surface area contributed by atoms with Crippen LogP contribution in [0.5, 0.6) is 0 Å². The van der Waals surface area contributed by atoms with Crippen molar-refractivity contribution in [1.82, 2.24) is 0 Å². The minimum absolute atomic E-state index is 0.225. The first-order valence-corrected chi connectivity index (χ1v) is 14.8. The Morgan fingerprint density at radius 3 is 1.68 bits per heavy atom. The second kappa shape index (κ2) is 15.1. The summed E-state index contributed by atoms with van der Waals surface area (Å²) in [5.41, 5.74) is 5.24. The van der Waals surface area contributed by atoms with E-state index in [4.69, 9.17) is 9.47 Å². The molecule has 3 aromatic carbocycles. The van der Waals surface area contributed by atoms with Crippen molar-refractivity contribution in [2.75, 3.05) is 13.2 Å². The molecule has 0 heterocycles. The number of halogens is 2. The zero-order valence-electron chi connectivity index (χ0n) is 23.9. The Hall–Kier alpha value is -3.08. The highest BCUT2D eigenvalue weighted by molar-refractivity contribution is 5.79. The fraction of sp³-hybridized carbons (Fsp3) is 0.389. The Kier molecular flexibility index (Phi) is 11.3. The third kappa shape index (κ3) is 7.56. The molecule has 2 nitrogen and oxygen atoms in total. The molecule has 1 aliphatic carbocycles. The second-order valence-electron chi connectivity index (χ2n) is 10.5. The summed E-state index contributed by atoms with van der Waals surface area (Å²) in [6.07, 6.45) is 10.3. The van der Waals surface area contributed by atoms with E-state index >= 15 is 8.78 Å². The summed E-state index contributed by atoms with van der Waals surface area (Å²) in [5.74, 6) is -2.57. The first-order chi connectivity index (χ1) is 19.6. The van der Waals surface area contributed by atoms with Crippen LogP contribution in [0.15, 0.2) is 96.8 Å². The summed E-state index contributed by atoms with van der Waals surface area (Å²) < 4.78 is 42.6. The highest BCUT2D eigenvalue weighted by Crippen LogP contribution is 2.39. The van der Waals surface area contributed by atoms with E-state index in [1.807, 2.05) is 42.5 Å². The predicted octanol–water partition coefficient (Wildman–Crippen LogP) is 10.5. The van der Waals surface area contributed by atoms with Crippen LogP contribution in [0.1, 0.15) is 70.8 Å². The summed E-state index contributed by atoms with van der Waals surface area (Å²) in [6.45, 7) is 4.54. The third-order valence-corrected chi connectivity index (χ3v) is 7.53. The number of alkyl halides is 1. The molecule has 0 fully saturated rings. The minimum Gasteiger partial charge on any atom is -0.344 e. The topological polar surface area (TPSA) is 18.5 Å². The Morgan fingerprint density at radius 1 is 0.625 bits per heavy atom. The summed E-state index contributed by atoms with van der Waals surface area (Å²) in [7, 11) is 0. The Morgan fingerprint density at radius 2 is 1.12 bits per heavy atom. The molecule has 4 rings (SSSR count). The molecule has 4 heteroatoms. The maximum atomic E-state index is 15.6. The molecule has 0 spiro atoms. The van der Waals surface area contributed by atoms with Gasteiger partial charge in [-0.3, -0.25) is 0 Å². The van der Waals surface area contributed by atoms with Crippen LogP contribution < -0.4 is 0 Å². The van der Waals surface area contributed by atoms with E-state index in [0.717, 1.165) is 36.0 Å². The summed E-state index contributed by atoms with van der Waals surface area (Å²) >= 11 is 0. The zero-order chi connectivity index (χ0) is 28.2. The molecule has 3 aromatic rings. The van der Waals surface area contributed by atoms with Crippen LogP contribution in [0.25, 0.3) is 27.8 Å². The Labute approximate surface area is 238 Å². The van der Waals surface area contributed by atoms with Gasteiger partial charge in [-0.2, -0.15) is 0 Å². The van der Waals surface area contributed by atoms with Crippen molar-refractivity contribution in [2.45, 2.75) is 77.2 Å². The summed E-state index contributed by atoms with van der Waals surface area (Å²) in [4.78, 5) is 0. The smallest absolute Gasteiger partial charge is 0.227 e. The maximum absolute atomic E-state index is 15.6. The molecule has 0 amide bonds. The number of hydrogen-bond acceptors (Lipinski definition) is 2. The van der Waals surface area contributed by atoms with Crippen LogP contribution in [0.2, 0.25) is 0 Å². The van der Waals surface area contributed by atoms with Crippen molar-refractivity contribution in [3.8, 4) is 22.3 Å². The van der Waals surface area contributed by atoms with E-state index < -0.39 is 17.8 Å². The molecule has 1 aliphatic rings. The lowest BCUT2D eigenvalue weighted by atomic mass is 9.92. The molecule has 212 valence electrons. The van der Waals surface area contributed by atoms with E-state index in [-0.39, 0.29) is 12.2 Å². The lowest BCUT2D eigenvalue weighted by Crippen LogP contribution is -2.46. The number of unbranched alkanes of at least 4 members (excludes halogenated alkanes) is 7. The number of rotatable bonds is 15. The molecule has 2 unspecified atom stereocenters. The molecular formula is C36H42F2O2. The number of benzene rings is 3. The van der Waals surface area contributed by atoms with Crippen molar-refractivity contribution in [2.24, 2.45) is 0 Å². The van der Waals surface area contributed by atoms with Crippen molar-refractivity contribution in [3.63, 3.8) is 0 Å². The van der Waals surface area contributed by atoms with Crippen LogP contribution in [-0.2, 0) is 9.47 Å². The van der Waals surface area contributed by atoms with Crippen molar-refractivity contribution in [1.29, 1.82) is 0 Å². The fourth-order valence-electron chi connectivity index (χ4n) is 5.22. The SMILES string of the molecule is CCCCCCCCCCOC1(OCC)C=CC(c2ccc(-c3ccc(-c4ccccc4)cc3)cc2)=C(F)C1F. The molecule has 0 radical (unpaired) electrons. The lowest BCUT2D eigenvalue weighted by molar-refractivity contribution is -0.232. The van der Waals surface area contributed by atoms with E-state index in [9.17, 15) is 0 Å².